The highest BCUT2D eigenvalue weighted by molar-refractivity contribution is 5.80. The molecular weight excluding hydrogens is 292 g/mol. The molecule has 6 nitrogen and oxygen atoms in total. The van der Waals surface area contributed by atoms with E-state index in [1.165, 1.54) is 5.56 Å². The molecule has 0 spiro atoms. The molecule has 0 radical (unpaired) electrons. The van der Waals surface area contributed by atoms with E-state index in [-0.39, 0.29) is 11.3 Å². The van der Waals surface area contributed by atoms with Crippen LogP contribution in [0.25, 0.3) is 0 Å². The highest BCUT2D eigenvalue weighted by Crippen LogP contribution is 2.24. The Morgan fingerprint density at radius 1 is 1.30 bits per heavy atom. The fourth-order valence-corrected chi connectivity index (χ4v) is 2.07. The molecule has 0 aliphatic rings. The fourth-order valence-electron chi connectivity index (χ4n) is 2.07. The lowest BCUT2D eigenvalue weighted by atomic mass is 9.87. The summed E-state index contributed by atoms with van der Waals surface area (Å²) < 4.78 is 7.45. The van der Waals surface area contributed by atoms with Crippen LogP contribution in [-0.4, -0.2) is 26.8 Å². The molecule has 6 heteroatoms. The van der Waals surface area contributed by atoms with E-state index in [1.54, 1.807) is 17.8 Å². The Bertz CT molecular complexity index is 656. The summed E-state index contributed by atoms with van der Waals surface area (Å²) in [4.78, 5) is 12.1. The van der Waals surface area contributed by atoms with Gasteiger partial charge in [-0.25, -0.2) is 0 Å². The Kier molecular flexibility index (Phi) is 5.03. The maximum Gasteiger partial charge on any atom is 0.261 e. The molecule has 0 fully saturated rings. The zero-order chi connectivity index (χ0) is 17.0. The van der Waals surface area contributed by atoms with Gasteiger partial charge in [0.1, 0.15) is 12.1 Å². The summed E-state index contributed by atoms with van der Waals surface area (Å²) in [6.45, 7) is 8.53. The van der Waals surface area contributed by atoms with Gasteiger partial charge in [-0.15, -0.1) is 10.2 Å². The largest absolute Gasteiger partial charge is 0.481 e. The average Bonchev–Trinajstić information content (AvgIpc) is 2.89. The number of rotatable bonds is 5. The van der Waals surface area contributed by atoms with Crippen molar-refractivity contribution in [3.8, 4) is 5.75 Å². The van der Waals surface area contributed by atoms with Gasteiger partial charge in [-0.3, -0.25) is 4.79 Å². The molecule has 0 saturated carbocycles. The molecule has 2 rings (SSSR count). The van der Waals surface area contributed by atoms with E-state index < -0.39 is 6.10 Å². The summed E-state index contributed by atoms with van der Waals surface area (Å²) in [5, 5.41) is 10.5. The monoisotopic (exact) mass is 316 g/mol. The first-order valence-corrected chi connectivity index (χ1v) is 7.65. The number of aryl methyl sites for hydroxylation is 1. The number of amides is 1. The van der Waals surface area contributed by atoms with Crippen molar-refractivity contribution in [1.29, 1.82) is 0 Å². The van der Waals surface area contributed by atoms with Crippen molar-refractivity contribution in [2.24, 2.45) is 7.05 Å². The Balaban J connectivity index is 1.89. The van der Waals surface area contributed by atoms with Gasteiger partial charge in [-0.05, 0) is 30.0 Å². The molecule has 0 saturated heterocycles. The molecule has 0 bridgehead atoms. The normalized spacial score (nSPS) is 12.7. The number of ether oxygens (including phenoxy) is 1. The molecule has 1 heterocycles. The quantitative estimate of drug-likeness (QED) is 0.918. The van der Waals surface area contributed by atoms with Crippen LogP contribution in [0.1, 0.15) is 39.1 Å². The van der Waals surface area contributed by atoms with Gasteiger partial charge in [-0.1, -0.05) is 32.9 Å². The first-order valence-electron chi connectivity index (χ1n) is 7.65. The maximum absolute atomic E-state index is 12.1. The summed E-state index contributed by atoms with van der Waals surface area (Å²) in [7, 11) is 1.83. The van der Waals surface area contributed by atoms with Crippen molar-refractivity contribution in [3.05, 3.63) is 42.0 Å². The molecular formula is C17H24N4O2. The Hall–Kier alpha value is -2.37. The maximum atomic E-state index is 12.1. The third-order valence-electron chi connectivity index (χ3n) is 3.63. The van der Waals surface area contributed by atoms with Crippen LogP contribution in [0.15, 0.2) is 30.6 Å². The zero-order valence-corrected chi connectivity index (χ0v) is 14.3. The average molecular weight is 316 g/mol. The second-order valence-corrected chi connectivity index (χ2v) is 6.61. The van der Waals surface area contributed by atoms with E-state index >= 15 is 0 Å². The summed E-state index contributed by atoms with van der Waals surface area (Å²) in [5.74, 6) is 1.19. The number of nitrogens with one attached hydrogen (secondary N) is 1. The Morgan fingerprint density at radius 2 is 1.96 bits per heavy atom. The summed E-state index contributed by atoms with van der Waals surface area (Å²) in [5.41, 5.74) is 1.32. The minimum Gasteiger partial charge on any atom is -0.481 e. The van der Waals surface area contributed by atoms with E-state index in [0.717, 1.165) is 0 Å². The third kappa shape index (κ3) is 4.55. The van der Waals surface area contributed by atoms with E-state index in [0.29, 0.717) is 18.1 Å². The number of carbonyl (C=O) groups excluding carboxylic acids is 1. The third-order valence-corrected chi connectivity index (χ3v) is 3.63. The van der Waals surface area contributed by atoms with Gasteiger partial charge in [0, 0.05) is 7.05 Å². The molecule has 1 aromatic heterocycles. The summed E-state index contributed by atoms with van der Waals surface area (Å²) in [6.07, 6.45) is 1.02. The second-order valence-electron chi connectivity index (χ2n) is 6.61. The minimum atomic E-state index is -0.580. The Morgan fingerprint density at radius 3 is 2.48 bits per heavy atom. The fraction of sp³-hybridized carbons (Fsp3) is 0.471. The molecule has 0 aliphatic carbocycles. The van der Waals surface area contributed by atoms with Gasteiger partial charge in [0.05, 0.1) is 6.54 Å². The number of nitrogens with zero attached hydrogens (tertiary/aromatic N) is 3. The SMILES string of the molecule is CC(Oc1ccc(C(C)(C)C)cc1)C(=O)NCc1nncn1C. The van der Waals surface area contributed by atoms with Crippen LogP contribution in [0.5, 0.6) is 5.75 Å². The smallest absolute Gasteiger partial charge is 0.261 e. The molecule has 23 heavy (non-hydrogen) atoms. The molecule has 124 valence electrons. The van der Waals surface area contributed by atoms with Crippen LogP contribution in [0, 0.1) is 0 Å². The number of aromatic nitrogens is 3. The number of hydrogen-bond acceptors (Lipinski definition) is 4. The van der Waals surface area contributed by atoms with Gasteiger partial charge in [0.2, 0.25) is 0 Å². The van der Waals surface area contributed by atoms with Crippen LogP contribution in [-0.2, 0) is 23.8 Å². The van der Waals surface area contributed by atoms with E-state index in [4.69, 9.17) is 4.74 Å². The highest BCUT2D eigenvalue weighted by Gasteiger charge is 2.17. The van der Waals surface area contributed by atoms with Crippen molar-refractivity contribution >= 4 is 5.91 Å². The number of hydrogen-bond donors (Lipinski definition) is 1. The second kappa shape index (κ2) is 6.81. The van der Waals surface area contributed by atoms with Crippen molar-refractivity contribution in [1.82, 2.24) is 20.1 Å². The molecule has 1 aromatic carbocycles. The first kappa shape index (κ1) is 17.0. The van der Waals surface area contributed by atoms with Crippen molar-refractivity contribution in [3.63, 3.8) is 0 Å². The lowest BCUT2D eigenvalue weighted by Crippen LogP contribution is -2.36. The van der Waals surface area contributed by atoms with Crippen LogP contribution < -0.4 is 10.1 Å². The van der Waals surface area contributed by atoms with Crippen molar-refractivity contribution in [2.75, 3.05) is 0 Å². The Labute approximate surface area is 136 Å². The highest BCUT2D eigenvalue weighted by atomic mass is 16.5. The standard InChI is InChI=1S/C17H24N4O2/c1-12(16(22)18-10-15-20-19-11-21(15)5)23-14-8-6-13(7-9-14)17(2,3)4/h6-9,11-12H,10H2,1-5H3,(H,18,22). The number of benzene rings is 1. The van der Waals surface area contributed by atoms with E-state index in [2.05, 4.69) is 36.3 Å². The van der Waals surface area contributed by atoms with Crippen LogP contribution in [0.2, 0.25) is 0 Å². The van der Waals surface area contributed by atoms with Crippen molar-refractivity contribution in [2.45, 2.75) is 45.8 Å². The minimum absolute atomic E-state index is 0.0949. The van der Waals surface area contributed by atoms with Crippen LogP contribution in [0.3, 0.4) is 0 Å². The van der Waals surface area contributed by atoms with Crippen LogP contribution >= 0.6 is 0 Å². The lowest BCUT2D eigenvalue weighted by Gasteiger charge is -2.20. The molecule has 1 N–H and O–H groups in total. The predicted octanol–water partition coefficient (Wildman–Crippen LogP) is 2.20. The molecule has 1 atom stereocenters. The molecule has 1 amide bonds. The predicted molar refractivity (Wildman–Crippen MR) is 88.1 cm³/mol. The number of carbonyl (C=O) groups is 1. The summed E-state index contributed by atoms with van der Waals surface area (Å²) in [6, 6.07) is 7.85. The first-order chi connectivity index (χ1) is 10.8. The van der Waals surface area contributed by atoms with Gasteiger partial charge in [-0.2, -0.15) is 0 Å². The zero-order valence-electron chi connectivity index (χ0n) is 14.3. The van der Waals surface area contributed by atoms with E-state index in [1.807, 2.05) is 31.3 Å². The summed E-state index contributed by atoms with van der Waals surface area (Å²) >= 11 is 0. The van der Waals surface area contributed by atoms with E-state index in [9.17, 15) is 4.79 Å². The topological polar surface area (TPSA) is 69.0 Å². The van der Waals surface area contributed by atoms with Crippen molar-refractivity contribution < 1.29 is 9.53 Å². The van der Waals surface area contributed by atoms with Gasteiger partial charge < -0.3 is 14.6 Å². The molecule has 1 unspecified atom stereocenters. The van der Waals surface area contributed by atoms with Crippen LogP contribution in [0.4, 0.5) is 0 Å². The molecule has 0 aliphatic heterocycles. The molecule has 2 aromatic rings. The van der Waals surface area contributed by atoms with Gasteiger partial charge in [0.15, 0.2) is 11.9 Å². The van der Waals surface area contributed by atoms with Gasteiger partial charge in [0.25, 0.3) is 5.91 Å². The lowest BCUT2D eigenvalue weighted by molar-refractivity contribution is -0.127. The van der Waals surface area contributed by atoms with Gasteiger partial charge >= 0.3 is 0 Å².